The van der Waals surface area contributed by atoms with Crippen molar-refractivity contribution in [2.45, 2.75) is 38.6 Å². The van der Waals surface area contributed by atoms with Gasteiger partial charge in [0, 0.05) is 29.8 Å². The molecule has 9 nitrogen and oxygen atoms in total. The summed E-state index contributed by atoms with van der Waals surface area (Å²) in [6, 6.07) is 4.92. The summed E-state index contributed by atoms with van der Waals surface area (Å²) < 4.78 is 12.4. The Labute approximate surface area is 172 Å². The lowest BCUT2D eigenvalue weighted by Gasteiger charge is -2.19. The molecule has 2 heterocycles. The molecule has 30 heavy (non-hydrogen) atoms. The number of Topliss-reactive ketones (excluding diaryl/α,β-unsaturated/α-hetero) is 1. The predicted octanol–water partition coefficient (Wildman–Crippen LogP) is 0.576. The number of amides is 1. The molecule has 0 saturated heterocycles. The highest BCUT2D eigenvalue weighted by Crippen LogP contribution is 2.30. The van der Waals surface area contributed by atoms with Gasteiger partial charge >= 0.3 is 5.69 Å². The molecule has 0 fully saturated rings. The van der Waals surface area contributed by atoms with Gasteiger partial charge in [0.15, 0.2) is 17.3 Å². The van der Waals surface area contributed by atoms with Gasteiger partial charge in [-0.25, -0.2) is 4.79 Å². The second-order valence-electron chi connectivity index (χ2n) is 7.35. The van der Waals surface area contributed by atoms with Gasteiger partial charge in [-0.05, 0) is 43.9 Å². The molecule has 1 aromatic carbocycles. The molecule has 0 radical (unpaired) electrons. The first-order valence-corrected chi connectivity index (χ1v) is 10.1. The first kappa shape index (κ1) is 19.9. The largest absolute Gasteiger partial charge is 0.486 e. The van der Waals surface area contributed by atoms with Gasteiger partial charge in [0.2, 0.25) is 5.91 Å². The third-order valence-electron chi connectivity index (χ3n) is 5.38. The van der Waals surface area contributed by atoms with E-state index in [0.29, 0.717) is 48.7 Å². The molecule has 1 aliphatic carbocycles. The lowest BCUT2D eigenvalue weighted by atomic mass is 9.97. The number of ketones is 1. The summed E-state index contributed by atoms with van der Waals surface area (Å²) in [5.41, 5.74) is 0.942. The maximum Gasteiger partial charge on any atom is 0.328 e. The first-order chi connectivity index (χ1) is 14.5. The number of H-pyrrole nitrogens is 1. The van der Waals surface area contributed by atoms with Crippen LogP contribution in [0.2, 0.25) is 0 Å². The number of hydrogen-bond acceptors (Lipinski definition) is 6. The zero-order chi connectivity index (χ0) is 21.1. The average Bonchev–Trinajstić information content (AvgIpc) is 2.77. The number of benzene rings is 1. The Balaban J connectivity index is 1.35. The van der Waals surface area contributed by atoms with Crippen molar-refractivity contribution in [3.63, 3.8) is 0 Å². The Morgan fingerprint density at radius 1 is 1.07 bits per heavy atom. The maximum atomic E-state index is 12.4. The highest BCUT2D eigenvalue weighted by Gasteiger charge is 2.19. The van der Waals surface area contributed by atoms with E-state index < -0.39 is 5.69 Å². The van der Waals surface area contributed by atoms with Crippen molar-refractivity contribution in [3.05, 3.63) is 55.9 Å². The highest BCUT2D eigenvalue weighted by atomic mass is 16.6. The van der Waals surface area contributed by atoms with Gasteiger partial charge in [-0.1, -0.05) is 0 Å². The van der Waals surface area contributed by atoms with Crippen LogP contribution in [0.15, 0.2) is 27.8 Å². The van der Waals surface area contributed by atoms with E-state index in [0.717, 1.165) is 18.5 Å². The number of fused-ring (bicyclic) bond motifs is 2. The molecule has 1 amide bonds. The fraction of sp³-hybridized carbons (Fsp3) is 0.429. The Morgan fingerprint density at radius 3 is 2.67 bits per heavy atom. The number of carbonyl (C=O) groups excluding carboxylic acids is 2. The van der Waals surface area contributed by atoms with E-state index in [1.165, 1.54) is 4.57 Å². The Bertz CT molecular complexity index is 1100. The molecule has 1 aliphatic heterocycles. The number of nitrogens with one attached hydrogen (secondary N) is 2. The van der Waals surface area contributed by atoms with Crippen LogP contribution in [0.3, 0.4) is 0 Å². The van der Waals surface area contributed by atoms with Gasteiger partial charge in [0.25, 0.3) is 5.56 Å². The Morgan fingerprint density at radius 2 is 1.83 bits per heavy atom. The molecule has 9 heteroatoms. The summed E-state index contributed by atoms with van der Waals surface area (Å²) in [5, 5.41) is 2.59. The highest BCUT2D eigenvalue weighted by molar-refractivity contribution is 5.99. The molecule has 0 saturated carbocycles. The lowest BCUT2D eigenvalue weighted by molar-refractivity contribution is -0.121. The number of ether oxygens (including phenoxy) is 2. The topological polar surface area (TPSA) is 119 Å². The van der Waals surface area contributed by atoms with Crippen molar-refractivity contribution in [2.75, 3.05) is 19.8 Å². The van der Waals surface area contributed by atoms with Gasteiger partial charge in [-0.3, -0.25) is 23.9 Å². The van der Waals surface area contributed by atoms with Crippen molar-refractivity contribution in [1.29, 1.82) is 0 Å². The van der Waals surface area contributed by atoms with Crippen LogP contribution in [0.4, 0.5) is 0 Å². The van der Waals surface area contributed by atoms with Crippen molar-refractivity contribution < 1.29 is 19.1 Å². The van der Waals surface area contributed by atoms with Crippen LogP contribution in [0.5, 0.6) is 11.5 Å². The smallest absolute Gasteiger partial charge is 0.328 e. The number of carbonyl (C=O) groups is 2. The van der Waals surface area contributed by atoms with E-state index in [2.05, 4.69) is 10.3 Å². The SMILES string of the molecule is O=C(CCn1c2c(c(=O)[nH]c1=O)CCCC2)NCC(=O)c1ccc2c(c1)OCCO2. The van der Waals surface area contributed by atoms with Crippen LogP contribution in [0.25, 0.3) is 0 Å². The summed E-state index contributed by atoms with van der Waals surface area (Å²) in [6.45, 7) is 0.895. The van der Waals surface area contributed by atoms with Crippen LogP contribution < -0.4 is 26.0 Å². The number of nitrogens with zero attached hydrogens (tertiary/aromatic N) is 1. The number of aromatic amines is 1. The molecule has 0 atom stereocenters. The summed E-state index contributed by atoms with van der Waals surface area (Å²) in [7, 11) is 0. The van der Waals surface area contributed by atoms with E-state index in [4.69, 9.17) is 9.47 Å². The van der Waals surface area contributed by atoms with Crippen LogP contribution in [0.1, 0.15) is 40.9 Å². The molecule has 2 aliphatic rings. The van der Waals surface area contributed by atoms with Gasteiger partial charge in [0.05, 0.1) is 6.54 Å². The Kier molecular flexibility index (Phi) is 5.69. The van der Waals surface area contributed by atoms with Crippen molar-refractivity contribution in [3.8, 4) is 11.5 Å². The number of hydrogen-bond donors (Lipinski definition) is 2. The molecule has 0 unspecified atom stereocenters. The van der Waals surface area contributed by atoms with Crippen LogP contribution in [-0.4, -0.2) is 41.0 Å². The summed E-state index contributed by atoms with van der Waals surface area (Å²) in [4.78, 5) is 51.1. The zero-order valence-corrected chi connectivity index (χ0v) is 16.5. The van der Waals surface area contributed by atoms with Crippen molar-refractivity contribution >= 4 is 11.7 Å². The van der Waals surface area contributed by atoms with Crippen LogP contribution >= 0.6 is 0 Å². The summed E-state index contributed by atoms with van der Waals surface area (Å²) in [6.07, 6.45) is 3.15. The van der Waals surface area contributed by atoms with Gasteiger partial charge < -0.3 is 14.8 Å². The molecule has 2 aromatic rings. The van der Waals surface area contributed by atoms with E-state index in [1.54, 1.807) is 18.2 Å². The van der Waals surface area contributed by atoms with Crippen LogP contribution in [-0.2, 0) is 24.2 Å². The summed E-state index contributed by atoms with van der Waals surface area (Å²) in [5.74, 6) is 0.514. The van der Waals surface area contributed by atoms with Crippen molar-refractivity contribution in [2.24, 2.45) is 0 Å². The molecule has 0 spiro atoms. The normalized spacial score (nSPS) is 14.7. The quantitative estimate of drug-likeness (QED) is 0.669. The average molecular weight is 413 g/mol. The fourth-order valence-electron chi connectivity index (χ4n) is 3.83. The fourth-order valence-corrected chi connectivity index (χ4v) is 3.83. The van der Waals surface area contributed by atoms with E-state index >= 15 is 0 Å². The van der Waals surface area contributed by atoms with Gasteiger partial charge in [-0.15, -0.1) is 0 Å². The van der Waals surface area contributed by atoms with Gasteiger partial charge in [0.1, 0.15) is 13.2 Å². The number of rotatable bonds is 6. The van der Waals surface area contributed by atoms with Gasteiger partial charge in [-0.2, -0.15) is 0 Å². The molecule has 4 rings (SSSR count). The molecule has 0 bridgehead atoms. The second-order valence-corrected chi connectivity index (χ2v) is 7.35. The zero-order valence-electron chi connectivity index (χ0n) is 16.5. The third-order valence-corrected chi connectivity index (χ3v) is 5.38. The minimum Gasteiger partial charge on any atom is -0.486 e. The molecular weight excluding hydrogens is 390 g/mol. The van der Waals surface area contributed by atoms with E-state index in [-0.39, 0.29) is 36.8 Å². The first-order valence-electron chi connectivity index (χ1n) is 10.1. The molecular formula is C21H23N3O6. The van der Waals surface area contributed by atoms with Crippen LogP contribution in [0, 0.1) is 0 Å². The standard InChI is InChI=1S/C21H23N3O6/c25-16(13-5-6-17-18(11-13)30-10-9-29-17)12-22-19(26)7-8-24-15-4-2-1-3-14(15)20(27)23-21(24)28/h5-6,11H,1-4,7-10,12H2,(H,22,26)(H,23,27,28). The summed E-state index contributed by atoms with van der Waals surface area (Å²) >= 11 is 0. The predicted molar refractivity (Wildman–Crippen MR) is 107 cm³/mol. The Hall–Kier alpha value is -3.36. The van der Waals surface area contributed by atoms with E-state index in [9.17, 15) is 19.2 Å². The lowest BCUT2D eigenvalue weighted by Crippen LogP contribution is -2.38. The second kappa shape index (κ2) is 8.56. The van der Waals surface area contributed by atoms with Crippen molar-refractivity contribution in [1.82, 2.24) is 14.9 Å². The molecule has 158 valence electrons. The third kappa shape index (κ3) is 4.14. The molecule has 2 N–H and O–H groups in total. The minimum absolute atomic E-state index is 0.0345. The monoisotopic (exact) mass is 413 g/mol. The minimum atomic E-state index is -0.499. The number of aromatic nitrogens is 2. The molecule has 1 aromatic heterocycles. The van der Waals surface area contributed by atoms with E-state index in [1.807, 2.05) is 0 Å². The maximum absolute atomic E-state index is 12.4.